The molecule has 0 amide bonds. The van der Waals surface area contributed by atoms with Crippen molar-refractivity contribution in [1.29, 1.82) is 0 Å². The summed E-state index contributed by atoms with van der Waals surface area (Å²) in [6, 6.07) is 25.6. The van der Waals surface area contributed by atoms with Crippen molar-refractivity contribution in [3.05, 3.63) is 84.7 Å². The van der Waals surface area contributed by atoms with Gasteiger partial charge in [0, 0.05) is 40.9 Å². The van der Waals surface area contributed by atoms with Crippen LogP contribution >= 0.6 is 0 Å². The molecule has 3 heterocycles. The fourth-order valence-electron chi connectivity index (χ4n) is 3.74. The highest BCUT2D eigenvalue weighted by molar-refractivity contribution is 5.96. The van der Waals surface area contributed by atoms with Crippen LogP contribution in [0.25, 0.3) is 27.3 Å². The van der Waals surface area contributed by atoms with E-state index < -0.39 is 0 Å². The van der Waals surface area contributed by atoms with Gasteiger partial charge in [0.05, 0.1) is 16.7 Å². The maximum atomic E-state index is 4.66. The molecule has 0 aliphatic heterocycles. The Morgan fingerprint density at radius 3 is 2.65 bits per heavy atom. The molecule has 0 aliphatic rings. The van der Waals surface area contributed by atoms with Gasteiger partial charge in [-0.2, -0.15) is 0 Å². The number of hydrogen-bond acceptors (Lipinski definition) is 2. The molecule has 3 nitrogen and oxygen atoms in total. The summed E-state index contributed by atoms with van der Waals surface area (Å²) in [5.41, 5.74) is 6.85. The number of fused-ring (bicyclic) bond motifs is 4. The van der Waals surface area contributed by atoms with Crippen molar-refractivity contribution in [3.63, 3.8) is 0 Å². The molecule has 2 aromatic carbocycles. The summed E-state index contributed by atoms with van der Waals surface area (Å²) in [6.45, 7) is 2.05. The predicted octanol–water partition coefficient (Wildman–Crippen LogP) is 5.72. The van der Waals surface area contributed by atoms with E-state index in [-0.39, 0.29) is 0 Å². The number of anilines is 2. The molecule has 0 N–H and O–H groups in total. The van der Waals surface area contributed by atoms with Crippen molar-refractivity contribution in [2.45, 2.75) is 6.92 Å². The first kappa shape index (κ1) is 15.0. The first-order valence-corrected chi connectivity index (χ1v) is 8.81. The van der Waals surface area contributed by atoms with Crippen LogP contribution in [-0.2, 0) is 0 Å². The number of rotatable bonds is 2. The first-order valence-electron chi connectivity index (χ1n) is 8.81. The normalized spacial score (nSPS) is 11.5. The lowest BCUT2D eigenvalue weighted by atomic mass is 10.1. The molecule has 5 rings (SSSR count). The number of aryl methyl sites for hydroxylation is 1. The van der Waals surface area contributed by atoms with Crippen LogP contribution in [0.5, 0.6) is 0 Å². The summed E-state index contributed by atoms with van der Waals surface area (Å²) in [6.07, 6.45) is 2.11. The third-order valence-electron chi connectivity index (χ3n) is 5.04. The van der Waals surface area contributed by atoms with E-state index in [1.54, 1.807) is 0 Å². The third kappa shape index (κ3) is 2.25. The minimum Gasteiger partial charge on any atom is -0.344 e. The highest BCUT2D eigenvalue weighted by atomic mass is 15.1. The van der Waals surface area contributed by atoms with Gasteiger partial charge in [-0.1, -0.05) is 24.3 Å². The standard InChI is InChI=1S/C23H19N3/c1-16-13-23(20-8-3-4-9-21(20)24-16)25(2)18-10-11-22-17(14-18)15-19-7-5-6-12-26(19)22/h3-15H,1-2H3. The van der Waals surface area contributed by atoms with Gasteiger partial charge >= 0.3 is 0 Å². The molecule has 0 aliphatic carbocycles. The molecule has 0 radical (unpaired) electrons. The fraction of sp³-hybridized carbons (Fsp3) is 0.0870. The number of hydrogen-bond donors (Lipinski definition) is 0. The third-order valence-corrected chi connectivity index (χ3v) is 5.04. The van der Waals surface area contributed by atoms with Crippen LogP contribution in [0.1, 0.15) is 5.69 Å². The Kier molecular flexibility index (Phi) is 3.22. The van der Waals surface area contributed by atoms with Gasteiger partial charge in [-0.15, -0.1) is 0 Å². The average molecular weight is 337 g/mol. The molecule has 3 aromatic heterocycles. The van der Waals surface area contributed by atoms with Gasteiger partial charge in [-0.3, -0.25) is 4.98 Å². The zero-order chi connectivity index (χ0) is 17.7. The molecular formula is C23H19N3. The van der Waals surface area contributed by atoms with E-state index in [0.29, 0.717) is 0 Å². The summed E-state index contributed by atoms with van der Waals surface area (Å²) in [4.78, 5) is 6.91. The molecule has 0 unspecified atom stereocenters. The minimum absolute atomic E-state index is 1.03. The van der Waals surface area contributed by atoms with Gasteiger partial charge in [0.25, 0.3) is 0 Å². The largest absolute Gasteiger partial charge is 0.344 e. The van der Waals surface area contributed by atoms with Gasteiger partial charge in [0.2, 0.25) is 0 Å². The van der Waals surface area contributed by atoms with E-state index in [0.717, 1.165) is 11.2 Å². The molecule has 5 aromatic rings. The van der Waals surface area contributed by atoms with E-state index >= 15 is 0 Å². The van der Waals surface area contributed by atoms with Gasteiger partial charge in [-0.05, 0) is 55.5 Å². The van der Waals surface area contributed by atoms with Crippen molar-refractivity contribution < 1.29 is 0 Å². The second kappa shape index (κ2) is 5.60. The van der Waals surface area contributed by atoms with E-state index in [4.69, 9.17) is 0 Å². The van der Waals surface area contributed by atoms with Gasteiger partial charge in [0.1, 0.15) is 0 Å². The molecular weight excluding hydrogens is 318 g/mol. The van der Waals surface area contributed by atoms with Crippen LogP contribution in [0.3, 0.4) is 0 Å². The Labute approximate surface area is 152 Å². The van der Waals surface area contributed by atoms with E-state index in [2.05, 4.69) is 94.3 Å². The van der Waals surface area contributed by atoms with E-state index in [1.807, 2.05) is 13.0 Å². The molecule has 26 heavy (non-hydrogen) atoms. The number of aromatic nitrogens is 2. The summed E-state index contributed by atoms with van der Waals surface area (Å²) >= 11 is 0. The summed E-state index contributed by atoms with van der Waals surface area (Å²) in [5, 5.41) is 2.42. The van der Waals surface area contributed by atoms with Crippen LogP contribution < -0.4 is 4.90 Å². The molecule has 0 fully saturated rings. The quantitative estimate of drug-likeness (QED) is 0.411. The highest BCUT2D eigenvalue weighted by Crippen LogP contribution is 2.33. The monoisotopic (exact) mass is 337 g/mol. The van der Waals surface area contributed by atoms with Crippen molar-refractivity contribution >= 4 is 38.7 Å². The number of para-hydroxylation sites is 1. The molecule has 3 heteroatoms. The van der Waals surface area contributed by atoms with Crippen LogP contribution in [0, 0.1) is 6.92 Å². The Morgan fingerprint density at radius 2 is 1.73 bits per heavy atom. The summed E-state index contributed by atoms with van der Waals surface area (Å²) in [5.74, 6) is 0. The molecule has 0 saturated heterocycles. The lowest BCUT2D eigenvalue weighted by molar-refractivity contribution is 1.18. The average Bonchev–Trinajstić information content (AvgIpc) is 3.04. The van der Waals surface area contributed by atoms with Gasteiger partial charge in [0.15, 0.2) is 0 Å². The molecule has 0 spiro atoms. The predicted molar refractivity (Wildman–Crippen MR) is 109 cm³/mol. The first-order chi connectivity index (χ1) is 12.7. The smallest absolute Gasteiger partial charge is 0.0726 e. The number of nitrogens with zero attached hydrogens (tertiary/aromatic N) is 3. The Balaban J connectivity index is 1.69. The van der Waals surface area contributed by atoms with Crippen LogP contribution in [0.2, 0.25) is 0 Å². The lowest BCUT2D eigenvalue weighted by Gasteiger charge is -2.22. The Hall–Kier alpha value is -3.33. The van der Waals surface area contributed by atoms with Crippen molar-refractivity contribution in [3.8, 4) is 0 Å². The lowest BCUT2D eigenvalue weighted by Crippen LogP contribution is -2.10. The number of benzene rings is 2. The molecule has 0 saturated carbocycles. The van der Waals surface area contributed by atoms with E-state index in [1.165, 1.54) is 33.2 Å². The fourth-order valence-corrected chi connectivity index (χ4v) is 3.74. The van der Waals surface area contributed by atoms with Crippen LogP contribution in [0.15, 0.2) is 79.0 Å². The van der Waals surface area contributed by atoms with Crippen molar-refractivity contribution in [1.82, 2.24) is 9.38 Å². The maximum absolute atomic E-state index is 4.66. The van der Waals surface area contributed by atoms with Crippen molar-refractivity contribution in [2.24, 2.45) is 0 Å². The molecule has 0 bridgehead atoms. The van der Waals surface area contributed by atoms with Gasteiger partial charge in [-0.25, -0.2) is 0 Å². The topological polar surface area (TPSA) is 20.5 Å². The summed E-state index contributed by atoms with van der Waals surface area (Å²) < 4.78 is 2.23. The maximum Gasteiger partial charge on any atom is 0.0726 e. The molecule has 126 valence electrons. The zero-order valence-electron chi connectivity index (χ0n) is 14.8. The Bertz CT molecular complexity index is 1270. The van der Waals surface area contributed by atoms with Crippen molar-refractivity contribution in [2.75, 3.05) is 11.9 Å². The second-order valence-electron chi connectivity index (χ2n) is 6.74. The summed E-state index contributed by atoms with van der Waals surface area (Å²) in [7, 11) is 2.12. The van der Waals surface area contributed by atoms with E-state index in [9.17, 15) is 0 Å². The highest BCUT2D eigenvalue weighted by Gasteiger charge is 2.11. The molecule has 0 atom stereocenters. The SMILES string of the molecule is Cc1cc(N(C)c2ccc3c(c2)cc2ccccn23)c2ccccc2n1. The minimum atomic E-state index is 1.03. The Morgan fingerprint density at radius 1 is 0.885 bits per heavy atom. The second-order valence-corrected chi connectivity index (χ2v) is 6.74. The van der Waals surface area contributed by atoms with Crippen LogP contribution in [0.4, 0.5) is 11.4 Å². The zero-order valence-corrected chi connectivity index (χ0v) is 14.8. The van der Waals surface area contributed by atoms with Crippen LogP contribution in [-0.4, -0.2) is 16.4 Å². The number of pyridine rings is 2. The van der Waals surface area contributed by atoms with Gasteiger partial charge < -0.3 is 9.30 Å².